The zero-order valence-electron chi connectivity index (χ0n) is 10.8. The summed E-state index contributed by atoms with van der Waals surface area (Å²) in [4.78, 5) is 11.9. The number of carbonyl (C=O) groups is 1. The maximum atomic E-state index is 11.9. The fraction of sp³-hybridized carbons (Fsp3) is 0.533. The Hall–Kier alpha value is -1.35. The van der Waals surface area contributed by atoms with Crippen molar-refractivity contribution in [1.29, 1.82) is 0 Å². The van der Waals surface area contributed by atoms with Crippen LogP contribution in [0.5, 0.6) is 0 Å². The van der Waals surface area contributed by atoms with Gasteiger partial charge in [-0.15, -0.1) is 0 Å². The molecule has 0 unspecified atom stereocenters. The van der Waals surface area contributed by atoms with E-state index in [4.69, 9.17) is 5.73 Å². The van der Waals surface area contributed by atoms with Gasteiger partial charge in [-0.2, -0.15) is 0 Å². The van der Waals surface area contributed by atoms with Crippen LogP contribution in [0.3, 0.4) is 0 Å². The van der Waals surface area contributed by atoms with Crippen LogP contribution in [-0.4, -0.2) is 18.0 Å². The van der Waals surface area contributed by atoms with E-state index in [1.165, 1.54) is 5.56 Å². The van der Waals surface area contributed by atoms with Crippen LogP contribution < -0.4 is 11.1 Å². The van der Waals surface area contributed by atoms with Crippen molar-refractivity contribution in [2.24, 2.45) is 5.73 Å². The van der Waals surface area contributed by atoms with Gasteiger partial charge >= 0.3 is 0 Å². The second-order valence-corrected chi connectivity index (χ2v) is 5.21. The van der Waals surface area contributed by atoms with Crippen LogP contribution in [0.4, 0.5) is 0 Å². The van der Waals surface area contributed by atoms with Crippen molar-refractivity contribution in [3.8, 4) is 0 Å². The second kappa shape index (κ2) is 6.01. The first-order valence-electron chi connectivity index (χ1n) is 6.82. The van der Waals surface area contributed by atoms with E-state index < -0.39 is 5.54 Å². The Bertz CT molecular complexity index is 383. The number of amides is 1. The predicted molar refractivity (Wildman–Crippen MR) is 73.2 cm³/mol. The first-order chi connectivity index (χ1) is 8.71. The summed E-state index contributed by atoms with van der Waals surface area (Å²) in [6, 6.07) is 10.3. The molecule has 0 atom stereocenters. The van der Waals surface area contributed by atoms with E-state index in [0.717, 1.165) is 38.5 Å². The quantitative estimate of drug-likeness (QED) is 0.781. The second-order valence-electron chi connectivity index (χ2n) is 5.21. The highest BCUT2D eigenvalue weighted by atomic mass is 16.2. The Kier molecular flexibility index (Phi) is 4.37. The Morgan fingerprint density at radius 3 is 2.56 bits per heavy atom. The number of rotatable bonds is 5. The smallest absolute Gasteiger partial charge is 0.240 e. The largest absolute Gasteiger partial charge is 0.354 e. The summed E-state index contributed by atoms with van der Waals surface area (Å²) >= 11 is 0. The zero-order chi connectivity index (χ0) is 12.8. The average Bonchev–Trinajstić information content (AvgIpc) is 2.84. The molecule has 18 heavy (non-hydrogen) atoms. The third kappa shape index (κ3) is 3.33. The number of hydrogen-bond donors (Lipinski definition) is 2. The van der Waals surface area contributed by atoms with Gasteiger partial charge < -0.3 is 11.1 Å². The molecule has 1 aliphatic rings. The van der Waals surface area contributed by atoms with E-state index in [-0.39, 0.29) is 5.91 Å². The Morgan fingerprint density at radius 1 is 1.22 bits per heavy atom. The molecule has 0 heterocycles. The van der Waals surface area contributed by atoms with Gasteiger partial charge in [-0.05, 0) is 31.2 Å². The van der Waals surface area contributed by atoms with Gasteiger partial charge in [0.05, 0.1) is 5.54 Å². The summed E-state index contributed by atoms with van der Waals surface area (Å²) in [7, 11) is 0. The molecular formula is C15H22N2O. The van der Waals surface area contributed by atoms with Crippen LogP contribution in [0, 0.1) is 0 Å². The van der Waals surface area contributed by atoms with Crippen molar-refractivity contribution in [2.45, 2.75) is 44.1 Å². The number of carbonyl (C=O) groups excluding carboxylic acids is 1. The van der Waals surface area contributed by atoms with Crippen LogP contribution in [0.15, 0.2) is 30.3 Å². The number of benzene rings is 1. The van der Waals surface area contributed by atoms with Crippen molar-refractivity contribution in [1.82, 2.24) is 5.32 Å². The fourth-order valence-corrected chi connectivity index (χ4v) is 2.55. The SMILES string of the molecule is NC1(C(=O)NCCCc2ccccc2)CCCC1. The standard InChI is InChI=1S/C15H22N2O/c16-15(10-4-5-11-15)14(18)17-12-6-9-13-7-2-1-3-8-13/h1-3,7-8H,4-6,9-12,16H2,(H,17,18). The van der Waals surface area contributed by atoms with Gasteiger partial charge in [0.2, 0.25) is 5.91 Å². The molecule has 1 amide bonds. The normalized spacial score (nSPS) is 17.6. The summed E-state index contributed by atoms with van der Waals surface area (Å²) in [5.41, 5.74) is 6.81. The lowest BCUT2D eigenvalue weighted by Gasteiger charge is -2.22. The maximum Gasteiger partial charge on any atom is 0.240 e. The summed E-state index contributed by atoms with van der Waals surface area (Å²) in [5.74, 6) is 0.0352. The third-order valence-electron chi connectivity index (χ3n) is 3.72. The molecule has 0 bridgehead atoms. The zero-order valence-corrected chi connectivity index (χ0v) is 10.8. The molecular weight excluding hydrogens is 224 g/mol. The first kappa shape index (κ1) is 13.1. The molecule has 1 saturated carbocycles. The van der Waals surface area contributed by atoms with Gasteiger partial charge in [-0.1, -0.05) is 43.2 Å². The van der Waals surface area contributed by atoms with Crippen molar-refractivity contribution in [3.05, 3.63) is 35.9 Å². The highest BCUT2D eigenvalue weighted by Crippen LogP contribution is 2.27. The predicted octanol–water partition coefficient (Wildman–Crippen LogP) is 2.01. The monoisotopic (exact) mass is 246 g/mol. The van der Waals surface area contributed by atoms with Gasteiger partial charge in [-0.3, -0.25) is 4.79 Å². The van der Waals surface area contributed by atoms with E-state index in [2.05, 4.69) is 17.4 Å². The molecule has 1 fully saturated rings. The molecule has 1 aromatic carbocycles. The molecule has 1 aromatic rings. The average molecular weight is 246 g/mol. The Morgan fingerprint density at radius 2 is 1.89 bits per heavy atom. The Balaban J connectivity index is 1.68. The summed E-state index contributed by atoms with van der Waals surface area (Å²) in [6.07, 6.45) is 5.78. The molecule has 0 aromatic heterocycles. The van der Waals surface area contributed by atoms with E-state index in [9.17, 15) is 4.79 Å². The third-order valence-corrected chi connectivity index (χ3v) is 3.72. The molecule has 98 valence electrons. The van der Waals surface area contributed by atoms with Gasteiger partial charge in [0, 0.05) is 6.54 Å². The van der Waals surface area contributed by atoms with Crippen molar-refractivity contribution in [2.75, 3.05) is 6.54 Å². The van der Waals surface area contributed by atoms with Crippen molar-refractivity contribution < 1.29 is 4.79 Å². The van der Waals surface area contributed by atoms with Crippen molar-refractivity contribution >= 4 is 5.91 Å². The van der Waals surface area contributed by atoms with E-state index >= 15 is 0 Å². The minimum absolute atomic E-state index is 0.0352. The van der Waals surface area contributed by atoms with Gasteiger partial charge in [0.1, 0.15) is 0 Å². The van der Waals surface area contributed by atoms with Crippen LogP contribution in [-0.2, 0) is 11.2 Å². The number of nitrogens with one attached hydrogen (secondary N) is 1. The molecule has 1 aliphatic carbocycles. The number of nitrogens with two attached hydrogens (primary N) is 1. The van der Waals surface area contributed by atoms with Crippen LogP contribution in [0.1, 0.15) is 37.7 Å². The lowest BCUT2D eigenvalue weighted by molar-refractivity contribution is -0.126. The van der Waals surface area contributed by atoms with E-state index in [0.29, 0.717) is 6.54 Å². The van der Waals surface area contributed by atoms with Crippen LogP contribution in [0.25, 0.3) is 0 Å². The van der Waals surface area contributed by atoms with Gasteiger partial charge in [0.15, 0.2) is 0 Å². The molecule has 0 radical (unpaired) electrons. The minimum Gasteiger partial charge on any atom is -0.354 e. The molecule has 3 heteroatoms. The van der Waals surface area contributed by atoms with Crippen molar-refractivity contribution in [3.63, 3.8) is 0 Å². The summed E-state index contributed by atoms with van der Waals surface area (Å²) in [6.45, 7) is 0.715. The molecule has 0 aliphatic heterocycles. The maximum absolute atomic E-state index is 11.9. The van der Waals surface area contributed by atoms with E-state index in [1.54, 1.807) is 0 Å². The van der Waals surface area contributed by atoms with Gasteiger partial charge in [-0.25, -0.2) is 0 Å². The molecule has 3 N–H and O–H groups in total. The lowest BCUT2D eigenvalue weighted by atomic mass is 9.98. The van der Waals surface area contributed by atoms with Crippen LogP contribution in [0.2, 0.25) is 0 Å². The van der Waals surface area contributed by atoms with Crippen LogP contribution >= 0.6 is 0 Å². The molecule has 0 spiro atoms. The molecule has 2 rings (SSSR count). The Labute approximate surface area is 109 Å². The fourth-order valence-electron chi connectivity index (χ4n) is 2.55. The summed E-state index contributed by atoms with van der Waals surface area (Å²) in [5, 5.41) is 2.97. The molecule has 0 saturated heterocycles. The number of hydrogen-bond acceptors (Lipinski definition) is 2. The number of aryl methyl sites for hydroxylation is 1. The topological polar surface area (TPSA) is 55.1 Å². The minimum atomic E-state index is -0.591. The van der Waals surface area contributed by atoms with E-state index in [1.807, 2.05) is 18.2 Å². The highest BCUT2D eigenvalue weighted by Gasteiger charge is 2.36. The lowest BCUT2D eigenvalue weighted by Crippen LogP contribution is -2.52. The molecule has 3 nitrogen and oxygen atoms in total. The van der Waals surface area contributed by atoms with Gasteiger partial charge in [0.25, 0.3) is 0 Å². The highest BCUT2D eigenvalue weighted by molar-refractivity contribution is 5.86. The first-order valence-corrected chi connectivity index (χ1v) is 6.82. The summed E-state index contributed by atoms with van der Waals surface area (Å²) < 4.78 is 0.